The number of rotatable bonds is 1. The molecule has 0 bridgehead atoms. The molecule has 1 N–H and O–H groups in total. The molecule has 6 nitrogen and oxygen atoms in total. The maximum atomic E-state index is 11.1. The zero-order chi connectivity index (χ0) is 13.3. The maximum Gasteiger partial charge on any atom is 0.354 e. The van der Waals surface area contributed by atoms with Crippen molar-refractivity contribution in [1.82, 2.24) is 4.90 Å². The molecule has 1 spiro atoms. The maximum absolute atomic E-state index is 11.1. The second-order valence-electron chi connectivity index (χ2n) is 5.22. The normalized spacial score (nSPS) is 26.2. The number of ether oxygens (including phenoxy) is 2. The predicted molar refractivity (Wildman–Crippen MR) is 68.0 cm³/mol. The first-order valence-electron chi connectivity index (χ1n) is 6.64. The van der Waals surface area contributed by atoms with Crippen molar-refractivity contribution >= 4 is 11.8 Å². The molecule has 2 fully saturated rings. The highest BCUT2D eigenvalue weighted by atomic mass is 16.5. The van der Waals surface area contributed by atoms with Gasteiger partial charge in [0, 0.05) is 26.3 Å². The summed E-state index contributed by atoms with van der Waals surface area (Å²) in [6.07, 6.45) is 3.36. The third-order valence-electron chi connectivity index (χ3n) is 4.06. The molecule has 0 unspecified atom stereocenters. The van der Waals surface area contributed by atoms with Gasteiger partial charge in [0.1, 0.15) is 11.5 Å². The van der Waals surface area contributed by atoms with Gasteiger partial charge in [-0.05, 0) is 18.9 Å². The number of carboxylic acids is 1. The van der Waals surface area contributed by atoms with Gasteiger partial charge in [-0.25, -0.2) is 9.79 Å². The topological polar surface area (TPSA) is 71.4 Å². The van der Waals surface area contributed by atoms with E-state index in [-0.39, 0.29) is 11.1 Å². The van der Waals surface area contributed by atoms with Crippen LogP contribution in [0.5, 0.6) is 0 Å². The minimum Gasteiger partial charge on any atom is -0.477 e. The van der Waals surface area contributed by atoms with E-state index in [0.717, 1.165) is 25.2 Å². The summed E-state index contributed by atoms with van der Waals surface area (Å²) in [6.45, 7) is 4.01. The van der Waals surface area contributed by atoms with Gasteiger partial charge in [0.2, 0.25) is 0 Å². The lowest BCUT2D eigenvalue weighted by atomic mass is 9.78. The Kier molecular flexibility index (Phi) is 3.28. The summed E-state index contributed by atoms with van der Waals surface area (Å²) >= 11 is 0. The van der Waals surface area contributed by atoms with Crippen molar-refractivity contribution in [2.75, 3.05) is 39.5 Å². The molecule has 3 heterocycles. The van der Waals surface area contributed by atoms with Crippen LogP contribution in [-0.2, 0) is 14.3 Å². The van der Waals surface area contributed by atoms with Gasteiger partial charge in [0.15, 0.2) is 0 Å². The Labute approximate surface area is 111 Å². The van der Waals surface area contributed by atoms with E-state index in [9.17, 15) is 4.79 Å². The van der Waals surface area contributed by atoms with Gasteiger partial charge in [0.25, 0.3) is 0 Å². The first-order valence-corrected chi connectivity index (χ1v) is 6.64. The molecular formula is C13H18N2O4. The van der Waals surface area contributed by atoms with Crippen LogP contribution in [0.1, 0.15) is 12.8 Å². The average molecular weight is 266 g/mol. The molecule has 2 saturated heterocycles. The van der Waals surface area contributed by atoms with Crippen LogP contribution in [0, 0.1) is 5.41 Å². The minimum absolute atomic E-state index is 0.152. The van der Waals surface area contributed by atoms with Gasteiger partial charge in [-0.15, -0.1) is 0 Å². The van der Waals surface area contributed by atoms with E-state index in [4.69, 9.17) is 14.6 Å². The zero-order valence-electron chi connectivity index (χ0n) is 10.8. The second kappa shape index (κ2) is 4.94. The van der Waals surface area contributed by atoms with Crippen molar-refractivity contribution < 1.29 is 19.4 Å². The number of amidine groups is 1. The fourth-order valence-corrected chi connectivity index (χ4v) is 2.94. The second-order valence-corrected chi connectivity index (χ2v) is 5.22. The minimum atomic E-state index is -0.959. The van der Waals surface area contributed by atoms with Crippen molar-refractivity contribution in [3.63, 3.8) is 0 Å². The number of hydrogen-bond donors (Lipinski definition) is 1. The monoisotopic (exact) mass is 266 g/mol. The lowest BCUT2D eigenvalue weighted by molar-refractivity contribution is -0.132. The summed E-state index contributed by atoms with van der Waals surface area (Å²) in [5.74, 6) is -0.0762. The number of carboxylic acid groups (broad SMARTS) is 1. The Morgan fingerprint density at radius 3 is 2.84 bits per heavy atom. The number of carbonyl (C=O) groups is 1. The fraction of sp³-hybridized carbons (Fsp3) is 0.692. The molecule has 0 saturated carbocycles. The summed E-state index contributed by atoms with van der Waals surface area (Å²) in [5, 5.41) is 9.14. The Morgan fingerprint density at radius 2 is 2.11 bits per heavy atom. The van der Waals surface area contributed by atoms with Gasteiger partial charge in [-0.1, -0.05) is 0 Å². The van der Waals surface area contributed by atoms with Crippen LogP contribution in [0.15, 0.2) is 16.8 Å². The van der Waals surface area contributed by atoms with Gasteiger partial charge in [-0.3, -0.25) is 0 Å². The molecule has 0 aromatic rings. The fourth-order valence-electron chi connectivity index (χ4n) is 2.94. The van der Waals surface area contributed by atoms with Crippen LogP contribution in [0.25, 0.3) is 0 Å². The lowest BCUT2D eigenvalue weighted by Gasteiger charge is -2.41. The van der Waals surface area contributed by atoms with Crippen LogP contribution in [-0.4, -0.2) is 61.3 Å². The highest BCUT2D eigenvalue weighted by molar-refractivity contribution is 5.96. The van der Waals surface area contributed by atoms with Gasteiger partial charge < -0.3 is 19.5 Å². The largest absolute Gasteiger partial charge is 0.477 e. The molecule has 3 aliphatic rings. The first kappa shape index (κ1) is 12.6. The van der Waals surface area contributed by atoms with Crippen molar-refractivity contribution in [3.05, 3.63) is 11.8 Å². The quantitative estimate of drug-likeness (QED) is 0.748. The molecule has 0 aliphatic carbocycles. The molecule has 104 valence electrons. The molecule has 6 heteroatoms. The summed E-state index contributed by atoms with van der Waals surface area (Å²) < 4.78 is 11.2. The van der Waals surface area contributed by atoms with Gasteiger partial charge in [0.05, 0.1) is 18.6 Å². The van der Waals surface area contributed by atoms with Crippen LogP contribution in [0.3, 0.4) is 0 Å². The van der Waals surface area contributed by atoms with E-state index in [1.54, 1.807) is 6.08 Å². The molecule has 0 amide bonds. The molecule has 0 aromatic heterocycles. The predicted octanol–water partition coefficient (Wildman–Crippen LogP) is 0.496. The molecule has 0 aromatic carbocycles. The van der Waals surface area contributed by atoms with E-state index in [1.165, 1.54) is 0 Å². The Hall–Kier alpha value is -1.40. The third kappa shape index (κ3) is 2.26. The van der Waals surface area contributed by atoms with Crippen molar-refractivity contribution in [3.8, 4) is 0 Å². The molecule has 3 rings (SSSR count). The van der Waals surface area contributed by atoms with E-state index in [2.05, 4.69) is 9.89 Å². The highest BCUT2D eigenvalue weighted by Crippen LogP contribution is 2.37. The van der Waals surface area contributed by atoms with Crippen molar-refractivity contribution in [2.24, 2.45) is 10.4 Å². The molecule has 3 aliphatic heterocycles. The van der Waals surface area contributed by atoms with E-state index < -0.39 is 5.97 Å². The molecule has 0 radical (unpaired) electrons. The summed E-state index contributed by atoms with van der Waals surface area (Å²) in [6, 6.07) is 0. The highest BCUT2D eigenvalue weighted by Gasteiger charge is 2.43. The number of hydrogen-bond acceptors (Lipinski definition) is 5. The van der Waals surface area contributed by atoms with Crippen LogP contribution in [0.2, 0.25) is 0 Å². The van der Waals surface area contributed by atoms with Crippen molar-refractivity contribution in [1.29, 1.82) is 0 Å². The zero-order valence-corrected chi connectivity index (χ0v) is 10.8. The van der Waals surface area contributed by atoms with Crippen LogP contribution >= 0.6 is 0 Å². The number of fused-ring (bicyclic) bond motifs is 2. The number of aliphatic carboxylic acids is 1. The van der Waals surface area contributed by atoms with E-state index in [0.29, 0.717) is 33.0 Å². The molecule has 0 atom stereocenters. The number of nitrogens with zero attached hydrogens (tertiary/aromatic N) is 2. The summed E-state index contributed by atoms with van der Waals surface area (Å²) in [5.41, 5.74) is -0.0250. The van der Waals surface area contributed by atoms with E-state index >= 15 is 0 Å². The van der Waals surface area contributed by atoms with Gasteiger partial charge >= 0.3 is 5.97 Å². The summed E-state index contributed by atoms with van der Waals surface area (Å²) in [7, 11) is 0. The standard InChI is InChI=1S/C13H18N2O4/c16-11(17)10-1-4-15-5-8-19-9-13(12(15)14-10)2-6-18-7-3-13/h1H,2-9H2,(H,16,17). The van der Waals surface area contributed by atoms with Crippen LogP contribution < -0.4 is 0 Å². The molecule has 19 heavy (non-hydrogen) atoms. The van der Waals surface area contributed by atoms with Crippen LogP contribution in [0.4, 0.5) is 0 Å². The SMILES string of the molecule is O=C(O)C1=CCN2CCOCC3(CCOCC3)C2=N1. The average Bonchev–Trinajstić information content (AvgIpc) is 2.60. The number of aliphatic imine (C=N–C) groups is 1. The lowest BCUT2D eigenvalue weighted by Crippen LogP contribution is -2.49. The Morgan fingerprint density at radius 1 is 1.32 bits per heavy atom. The van der Waals surface area contributed by atoms with Crippen molar-refractivity contribution in [2.45, 2.75) is 12.8 Å². The Bertz CT molecular complexity index is 438. The first-order chi connectivity index (χ1) is 9.21. The smallest absolute Gasteiger partial charge is 0.354 e. The van der Waals surface area contributed by atoms with Gasteiger partial charge in [-0.2, -0.15) is 0 Å². The molecular weight excluding hydrogens is 248 g/mol. The Balaban J connectivity index is 1.97. The summed E-state index contributed by atoms with van der Waals surface area (Å²) in [4.78, 5) is 17.7. The van der Waals surface area contributed by atoms with E-state index in [1.807, 2.05) is 0 Å². The third-order valence-corrected chi connectivity index (χ3v) is 4.06.